The zero-order valence-corrected chi connectivity index (χ0v) is 18.5. The number of hydrogen-bond acceptors (Lipinski definition) is 8. The lowest BCUT2D eigenvalue weighted by Crippen LogP contribution is -2.24. The number of aryl methyl sites for hydroxylation is 2. The second-order valence-electron chi connectivity index (χ2n) is 7.64. The lowest BCUT2D eigenvalue weighted by atomic mass is 9.89. The van der Waals surface area contributed by atoms with Gasteiger partial charge in [-0.2, -0.15) is 4.98 Å². The molecule has 7 nitrogen and oxygen atoms in total. The van der Waals surface area contributed by atoms with Crippen LogP contribution in [0.25, 0.3) is 10.2 Å². The van der Waals surface area contributed by atoms with E-state index in [1.165, 1.54) is 22.2 Å². The molecule has 4 heterocycles. The number of fused-ring (bicyclic) bond motifs is 3. The second kappa shape index (κ2) is 8.03. The molecule has 1 atom stereocenters. The molecule has 4 aromatic rings. The molecule has 0 aromatic carbocycles. The van der Waals surface area contributed by atoms with Crippen LogP contribution >= 0.6 is 23.1 Å². The smallest absolute Gasteiger partial charge is 0.263 e. The van der Waals surface area contributed by atoms with Gasteiger partial charge in [0.25, 0.3) is 5.56 Å². The maximum atomic E-state index is 13.6. The average molecular weight is 443 g/mol. The summed E-state index contributed by atoms with van der Waals surface area (Å²) in [7, 11) is 0. The SMILES string of the molecule is CCc1noc(CSc2nc3sc4c(c3c(=O)n2Cc2ccco2)CCC(C)C4)n1. The minimum absolute atomic E-state index is 0.00530. The summed E-state index contributed by atoms with van der Waals surface area (Å²) in [4.78, 5) is 25.0. The van der Waals surface area contributed by atoms with E-state index in [9.17, 15) is 4.79 Å². The molecule has 5 rings (SSSR count). The van der Waals surface area contributed by atoms with E-state index in [1.54, 1.807) is 22.2 Å². The predicted octanol–water partition coefficient (Wildman–Crippen LogP) is 4.46. The van der Waals surface area contributed by atoms with Gasteiger partial charge in [0.1, 0.15) is 10.6 Å². The highest BCUT2D eigenvalue weighted by Crippen LogP contribution is 2.36. The van der Waals surface area contributed by atoms with E-state index >= 15 is 0 Å². The minimum atomic E-state index is 0.00530. The Morgan fingerprint density at radius 3 is 3.03 bits per heavy atom. The quantitative estimate of drug-likeness (QED) is 0.322. The highest BCUT2D eigenvalue weighted by Gasteiger charge is 2.25. The van der Waals surface area contributed by atoms with Gasteiger partial charge in [-0.1, -0.05) is 30.8 Å². The third kappa shape index (κ3) is 3.60. The first kappa shape index (κ1) is 19.6. The number of aromatic nitrogens is 4. The molecule has 0 amide bonds. The van der Waals surface area contributed by atoms with Crippen LogP contribution in [0, 0.1) is 5.92 Å². The van der Waals surface area contributed by atoms with Crippen molar-refractivity contribution in [3.8, 4) is 0 Å². The van der Waals surface area contributed by atoms with E-state index in [0.29, 0.717) is 35.1 Å². The van der Waals surface area contributed by atoms with Gasteiger partial charge in [0.05, 0.1) is 23.9 Å². The van der Waals surface area contributed by atoms with Gasteiger partial charge in [-0.15, -0.1) is 11.3 Å². The minimum Gasteiger partial charge on any atom is -0.467 e. The largest absolute Gasteiger partial charge is 0.467 e. The Morgan fingerprint density at radius 2 is 2.27 bits per heavy atom. The summed E-state index contributed by atoms with van der Waals surface area (Å²) in [5.74, 6) is 3.06. The zero-order chi connectivity index (χ0) is 20.7. The predicted molar refractivity (Wildman–Crippen MR) is 116 cm³/mol. The summed E-state index contributed by atoms with van der Waals surface area (Å²) in [6.45, 7) is 4.60. The van der Waals surface area contributed by atoms with Gasteiger partial charge < -0.3 is 8.94 Å². The summed E-state index contributed by atoms with van der Waals surface area (Å²) in [5, 5.41) is 5.37. The Hall–Kier alpha value is -2.39. The average Bonchev–Trinajstić information content (AvgIpc) is 3.47. The number of furan rings is 1. The maximum Gasteiger partial charge on any atom is 0.263 e. The Morgan fingerprint density at radius 1 is 1.37 bits per heavy atom. The molecule has 0 bridgehead atoms. The molecule has 1 aliphatic rings. The van der Waals surface area contributed by atoms with Crippen molar-refractivity contribution in [1.82, 2.24) is 19.7 Å². The van der Waals surface area contributed by atoms with Crippen LogP contribution in [0.1, 0.15) is 48.2 Å². The van der Waals surface area contributed by atoms with Crippen molar-refractivity contribution >= 4 is 33.3 Å². The molecule has 1 unspecified atom stereocenters. The van der Waals surface area contributed by atoms with E-state index in [1.807, 2.05) is 19.1 Å². The molecule has 30 heavy (non-hydrogen) atoms. The summed E-state index contributed by atoms with van der Waals surface area (Å²) in [5.41, 5.74) is 1.20. The van der Waals surface area contributed by atoms with Crippen molar-refractivity contribution < 1.29 is 8.94 Å². The second-order valence-corrected chi connectivity index (χ2v) is 9.67. The monoisotopic (exact) mass is 442 g/mol. The number of rotatable bonds is 6. The summed E-state index contributed by atoms with van der Waals surface area (Å²) < 4.78 is 12.5. The first-order valence-corrected chi connectivity index (χ1v) is 11.9. The molecule has 156 valence electrons. The summed E-state index contributed by atoms with van der Waals surface area (Å²) in [6.07, 6.45) is 5.43. The van der Waals surface area contributed by atoms with E-state index in [2.05, 4.69) is 17.1 Å². The third-order valence-corrected chi connectivity index (χ3v) is 7.53. The molecule has 9 heteroatoms. The number of thiophene rings is 1. The molecule has 0 aliphatic heterocycles. The Bertz CT molecular complexity index is 1240. The van der Waals surface area contributed by atoms with Gasteiger partial charge >= 0.3 is 0 Å². The Kier molecular flexibility index (Phi) is 5.24. The van der Waals surface area contributed by atoms with Gasteiger partial charge in [0.15, 0.2) is 11.0 Å². The topological polar surface area (TPSA) is 87.0 Å². The molecule has 0 radical (unpaired) electrons. The van der Waals surface area contributed by atoms with Crippen molar-refractivity contribution in [2.24, 2.45) is 5.92 Å². The Balaban J connectivity index is 1.57. The fraction of sp³-hybridized carbons (Fsp3) is 0.429. The summed E-state index contributed by atoms with van der Waals surface area (Å²) in [6, 6.07) is 3.71. The standard InChI is InChI=1S/C21H22N4O3S2/c1-3-16-22-17(28-24-16)11-29-21-23-19-18(14-7-6-12(2)9-15(14)30-19)20(26)25(21)10-13-5-4-8-27-13/h4-5,8,12H,3,6-7,9-11H2,1-2H3. The van der Waals surface area contributed by atoms with Crippen molar-refractivity contribution in [2.75, 3.05) is 0 Å². The van der Waals surface area contributed by atoms with E-state index in [0.717, 1.165) is 41.7 Å². The van der Waals surface area contributed by atoms with Gasteiger partial charge in [0, 0.05) is 11.3 Å². The van der Waals surface area contributed by atoms with Crippen molar-refractivity contribution in [2.45, 2.75) is 57.0 Å². The Labute approximate surface area is 181 Å². The van der Waals surface area contributed by atoms with Crippen molar-refractivity contribution in [3.05, 3.63) is 56.7 Å². The first-order chi connectivity index (χ1) is 14.6. The molecular formula is C21H22N4O3S2. The van der Waals surface area contributed by atoms with Crippen molar-refractivity contribution in [1.29, 1.82) is 0 Å². The molecule has 1 aliphatic carbocycles. The molecule has 0 fully saturated rings. The van der Waals surface area contributed by atoms with Gasteiger partial charge in [-0.25, -0.2) is 4.98 Å². The highest BCUT2D eigenvalue weighted by molar-refractivity contribution is 7.98. The fourth-order valence-corrected chi connectivity index (χ4v) is 6.09. The van der Waals surface area contributed by atoms with Crippen molar-refractivity contribution in [3.63, 3.8) is 0 Å². The van der Waals surface area contributed by atoms with Crippen LogP contribution in [0.4, 0.5) is 0 Å². The molecule has 0 saturated heterocycles. The number of hydrogen-bond donors (Lipinski definition) is 0. The summed E-state index contributed by atoms with van der Waals surface area (Å²) >= 11 is 3.11. The lowest BCUT2D eigenvalue weighted by Gasteiger charge is -2.17. The molecule has 0 spiro atoms. The van der Waals surface area contributed by atoms with Crippen LogP contribution in [0.5, 0.6) is 0 Å². The van der Waals surface area contributed by atoms with E-state index < -0.39 is 0 Å². The van der Waals surface area contributed by atoms with Crippen LogP contribution in [0.2, 0.25) is 0 Å². The maximum absolute atomic E-state index is 13.6. The van der Waals surface area contributed by atoms with E-state index in [4.69, 9.17) is 13.9 Å². The van der Waals surface area contributed by atoms with Crippen LogP contribution in [-0.4, -0.2) is 19.7 Å². The molecule has 0 N–H and O–H groups in total. The lowest BCUT2D eigenvalue weighted by molar-refractivity contribution is 0.385. The fourth-order valence-electron chi connectivity index (χ4n) is 3.83. The first-order valence-electron chi connectivity index (χ1n) is 10.1. The van der Waals surface area contributed by atoms with Crippen LogP contribution < -0.4 is 5.56 Å². The number of nitrogens with zero attached hydrogens (tertiary/aromatic N) is 4. The van der Waals surface area contributed by atoms with Crippen LogP contribution in [0.15, 0.2) is 37.3 Å². The molecule has 0 saturated carbocycles. The van der Waals surface area contributed by atoms with Gasteiger partial charge in [-0.3, -0.25) is 9.36 Å². The normalized spacial score (nSPS) is 16.3. The van der Waals surface area contributed by atoms with Gasteiger partial charge in [0.2, 0.25) is 5.89 Å². The molecular weight excluding hydrogens is 420 g/mol. The van der Waals surface area contributed by atoms with Gasteiger partial charge in [-0.05, 0) is 42.9 Å². The molecule has 4 aromatic heterocycles. The van der Waals surface area contributed by atoms with Crippen LogP contribution in [0.3, 0.4) is 0 Å². The van der Waals surface area contributed by atoms with Crippen LogP contribution in [-0.2, 0) is 31.6 Å². The number of thioether (sulfide) groups is 1. The third-order valence-electron chi connectivity index (χ3n) is 5.43. The highest BCUT2D eigenvalue weighted by atomic mass is 32.2. The van der Waals surface area contributed by atoms with E-state index in [-0.39, 0.29) is 5.56 Å². The zero-order valence-electron chi connectivity index (χ0n) is 16.9.